The Kier molecular flexibility index (Phi) is 4.15. The van der Waals surface area contributed by atoms with Gasteiger partial charge in [0.25, 0.3) is 0 Å². The van der Waals surface area contributed by atoms with Crippen LogP contribution in [0.1, 0.15) is 30.0 Å². The van der Waals surface area contributed by atoms with Crippen molar-refractivity contribution in [3.8, 4) is 5.75 Å². The minimum Gasteiger partial charge on any atom is -0.496 e. The van der Waals surface area contributed by atoms with E-state index in [0.29, 0.717) is 0 Å². The molecule has 1 aromatic carbocycles. The lowest BCUT2D eigenvalue weighted by Crippen LogP contribution is -2.21. The highest BCUT2D eigenvalue weighted by Gasteiger charge is 2.07. The van der Waals surface area contributed by atoms with E-state index in [9.17, 15) is 0 Å². The van der Waals surface area contributed by atoms with Gasteiger partial charge in [0, 0.05) is 6.04 Å². The Balaban J connectivity index is 2.95. The van der Waals surface area contributed by atoms with Crippen molar-refractivity contribution in [1.29, 1.82) is 0 Å². The van der Waals surface area contributed by atoms with Crippen LogP contribution in [0.3, 0.4) is 0 Å². The quantitative estimate of drug-likeness (QED) is 0.823. The van der Waals surface area contributed by atoms with E-state index in [4.69, 9.17) is 10.5 Å². The average molecular weight is 207 g/mol. The van der Waals surface area contributed by atoms with Crippen LogP contribution in [-0.2, 0) is 6.42 Å². The molecule has 2 nitrogen and oxygen atoms in total. The summed E-state index contributed by atoms with van der Waals surface area (Å²) in [7, 11) is 1.71. The van der Waals surface area contributed by atoms with Gasteiger partial charge in [0.1, 0.15) is 5.75 Å². The average Bonchev–Trinajstić information content (AvgIpc) is 2.22. The Morgan fingerprint density at radius 3 is 2.47 bits per heavy atom. The molecule has 0 aliphatic heterocycles. The summed E-state index contributed by atoms with van der Waals surface area (Å²) in [5.74, 6) is 0.960. The molecular formula is C13H21NO. The van der Waals surface area contributed by atoms with Gasteiger partial charge in [-0.15, -0.1) is 0 Å². The SMILES string of the molecule is CCC(N)Cc1cc(C)c(OC)cc1C. The summed E-state index contributed by atoms with van der Waals surface area (Å²) in [6.45, 7) is 6.30. The summed E-state index contributed by atoms with van der Waals surface area (Å²) < 4.78 is 5.28. The van der Waals surface area contributed by atoms with E-state index >= 15 is 0 Å². The zero-order chi connectivity index (χ0) is 11.4. The monoisotopic (exact) mass is 207 g/mol. The summed E-state index contributed by atoms with van der Waals surface area (Å²) in [5.41, 5.74) is 9.75. The molecule has 0 heterocycles. The van der Waals surface area contributed by atoms with Gasteiger partial charge in [-0.3, -0.25) is 0 Å². The van der Waals surface area contributed by atoms with Crippen molar-refractivity contribution in [2.45, 2.75) is 39.7 Å². The molecule has 0 fully saturated rings. The zero-order valence-corrected chi connectivity index (χ0v) is 10.1. The van der Waals surface area contributed by atoms with Crippen molar-refractivity contribution in [2.75, 3.05) is 7.11 Å². The Morgan fingerprint density at radius 2 is 1.93 bits per heavy atom. The second-order valence-electron chi connectivity index (χ2n) is 4.12. The summed E-state index contributed by atoms with van der Waals surface area (Å²) >= 11 is 0. The first kappa shape index (κ1) is 12.1. The molecule has 1 unspecified atom stereocenters. The molecule has 0 aliphatic rings. The summed E-state index contributed by atoms with van der Waals surface area (Å²) in [5, 5.41) is 0. The zero-order valence-electron chi connectivity index (χ0n) is 10.1. The van der Waals surface area contributed by atoms with E-state index < -0.39 is 0 Å². The highest BCUT2D eigenvalue weighted by atomic mass is 16.5. The van der Waals surface area contributed by atoms with Crippen LogP contribution in [-0.4, -0.2) is 13.2 Å². The van der Waals surface area contributed by atoms with E-state index in [1.807, 2.05) is 0 Å². The molecule has 0 bridgehead atoms. The van der Waals surface area contributed by atoms with Gasteiger partial charge in [-0.25, -0.2) is 0 Å². The molecule has 0 saturated carbocycles. The molecule has 84 valence electrons. The highest BCUT2D eigenvalue weighted by Crippen LogP contribution is 2.23. The van der Waals surface area contributed by atoms with E-state index in [1.54, 1.807) is 7.11 Å². The van der Waals surface area contributed by atoms with Crippen LogP contribution in [0.25, 0.3) is 0 Å². The summed E-state index contributed by atoms with van der Waals surface area (Å²) in [6.07, 6.45) is 1.97. The fraction of sp³-hybridized carbons (Fsp3) is 0.538. The van der Waals surface area contributed by atoms with Crippen molar-refractivity contribution < 1.29 is 4.74 Å². The highest BCUT2D eigenvalue weighted by molar-refractivity contribution is 5.41. The maximum atomic E-state index is 5.96. The lowest BCUT2D eigenvalue weighted by atomic mass is 9.98. The molecule has 0 aromatic heterocycles. The van der Waals surface area contributed by atoms with Gasteiger partial charge in [-0.05, 0) is 49.4 Å². The molecule has 15 heavy (non-hydrogen) atoms. The van der Waals surface area contributed by atoms with Gasteiger partial charge >= 0.3 is 0 Å². The summed E-state index contributed by atoms with van der Waals surface area (Å²) in [6, 6.07) is 4.54. The molecule has 0 radical (unpaired) electrons. The second kappa shape index (κ2) is 5.17. The molecule has 1 atom stereocenters. The van der Waals surface area contributed by atoms with Gasteiger partial charge in [-0.2, -0.15) is 0 Å². The minimum atomic E-state index is 0.261. The van der Waals surface area contributed by atoms with E-state index in [0.717, 1.165) is 18.6 Å². The van der Waals surface area contributed by atoms with E-state index in [2.05, 4.69) is 32.9 Å². The van der Waals surface area contributed by atoms with Crippen LogP contribution < -0.4 is 10.5 Å². The number of rotatable bonds is 4. The normalized spacial score (nSPS) is 12.6. The van der Waals surface area contributed by atoms with Crippen LogP contribution in [0.5, 0.6) is 5.75 Å². The Labute approximate surface area is 92.4 Å². The number of methoxy groups -OCH3 is 1. The lowest BCUT2D eigenvalue weighted by molar-refractivity contribution is 0.411. The number of benzene rings is 1. The predicted molar refractivity (Wildman–Crippen MR) is 64.4 cm³/mol. The molecule has 0 saturated heterocycles. The van der Waals surface area contributed by atoms with Crippen molar-refractivity contribution in [3.05, 3.63) is 28.8 Å². The molecule has 2 N–H and O–H groups in total. The van der Waals surface area contributed by atoms with Gasteiger partial charge in [0.05, 0.1) is 7.11 Å². The smallest absolute Gasteiger partial charge is 0.122 e. The van der Waals surface area contributed by atoms with Crippen molar-refractivity contribution >= 4 is 0 Å². The standard InChI is InChI=1S/C13H21NO/c1-5-12(14)8-11-6-10(3)13(15-4)7-9(11)2/h6-7,12H,5,8,14H2,1-4H3. The molecule has 0 amide bonds. The first-order valence-electron chi connectivity index (χ1n) is 5.48. The lowest BCUT2D eigenvalue weighted by Gasteiger charge is -2.14. The first-order chi connectivity index (χ1) is 7.08. The Bertz CT molecular complexity index is 334. The molecular weight excluding hydrogens is 186 g/mol. The van der Waals surface area contributed by atoms with Crippen LogP contribution in [0.15, 0.2) is 12.1 Å². The van der Waals surface area contributed by atoms with Crippen molar-refractivity contribution in [3.63, 3.8) is 0 Å². The summed E-state index contributed by atoms with van der Waals surface area (Å²) in [4.78, 5) is 0. The van der Waals surface area contributed by atoms with E-state index in [-0.39, 0.29) is 6.04 Å². The maximum Gasteiger partial charge on any atom is 0.122 e. The number of hydrogen-bond donors (Lipinski definition) is 1. The number of ether oxygens (including phenoxy) is 1. The number of nitrogens with two attached hydrogens (primary N) is 1. The molecule has 0 aliphatic carbocycles. The molecule has 2 heteroatoms. The minimum absolute atomic E-state index is 0.261. The fourth-order valence-electron chi connectivity index (χ4n) is 1.72. The van der Waals surface area contributed by atoms with Gasteiger partial charge in [0.2, 0.25) is 0 Å². The fourth-order valence-corrected chi connectivity index (χ4v) is 1.72. The van der Waals surface area contributed by atoms with E-state index in [1.165, 1.54) is 16.7 Å². The second-order valence-corrected chi connectivity index (χ2v) is 4.12. The molecule has 0 spiro atoms. The third-order valence-electron chi connectivity index (χ3n) is 2.86. The van der Waals surface area contributed by atoms with Gasteiger partial charge < -0.3 is 10.5 Å². The maximum absolute atomic E-state index is 5.96. The van der Waals surface area contributed by atoms with Gasteiger partial charge in [-0.1, -0.05) is 13.0 Å². The Morgan fingerprint density at radius 1 is 1.27 bits per heavy atom. The van der Waals surface area contributed by atoms with Crippen LogP contribution in [0.4, 0.5) is 0 Å². The number of hydrogen-bond acceptors (Lipinski definition) is 2. The van der Waals surface area contributed by atoms with Crippen molar-refractivity contribution in [2.24, 2.45) is 5.73 Å². The third kappa shape index (κ3) is 2.96. The molecule has 1 aromatic rings. The Hall–Kier alpha value is -1.02. The molecule has 1 rings (SSSR count). The third-order valence-corrected chi connectivity index (χ3v) is 2.86. The first-order valence-corrected chi connectivity index (χ1v) is 5.48. The number of aryl methyl sites for hydroxylation is 2. The largest absolute Gasteiger partial charge is 0.496 e. The topological polar surface area (TPSA) is 35.2 Å². The van der Waals surface area contributed by atoms with Crippen LogP contribution >= 0.6 is 0 Å². The van der Waals surface area contributed by atoms with Gasteiger partial charge in [0.15, 0.2) is 0 Å². The predicted octanol–water partition coefficient (Wildman–Crippen LogP) is 2.59. The van der Waals surface area contributed by atoms with Crippen LogP contribution in [0, 0.1) is 13.8 Å². The van der Waals surface area contributed by atoms with Crippen LogP contribution in [0.2, 0.25) is 0 Å². The van der Waals surface area contributed by atoms with Crippen molar-refractivity contribution in [1.82, 2.24) is 0 Å².